The number of hydrogen-bond donors (Lipinski definition) is 1. The molecule has 0 aromatic heterocycles. The van der Waals surface area contributed by atoms with Crippen LogP contribution < -0.4 is 10.6 Å². The molecular formula is C17H21ClN2. The lowest BCUT2D eigenvalue weighted by Gasteiger charge is -2.23. The second-order valence-electron chi connectivity index (χ2n) is 5.15. The Balaban J connectivity index is 2.19. The van der Waals surface area contributed by atoms with Crippen molar-refractivity contribution in [1.29, 1.82) is 0 Å². The van der Waals surface area contributed by atoms with Crippen LogP contribution in [0.3, 0.4) is 0 Å². The lowest BCUT2D eigenvalue weighted by Crippen LogP contribution is -2.19. The molecule has 20 heavy (non-hydrogen) atoms. The third-order valence-electron chi connectivity index (χ3n) is 3.39. The first-order chi connectivity index (χ1) is 9.60. The molecule has 0 fully saturated rings. The zero-order chi connectivity index (χ0) is 14.5. The van der Waals surface area contributed by atoms with Gasteiger partial charge in [0.05, 0.1) is 0 Å². The number of nitrogens with zero attached hydrogens (tertiary/aromatic N) is 1. The maximum atomic E-state index is 5.92. The molecule has 0 heterocycles. The van der Waals surface area contributed by atoms with Gasteiger partial charge in [-0.1, -0.05) is 41.4 Å². The van der Waals surface area contributed by atoms with E-state index >= 15 is 0 Å². The van der Waals surface area contributed by atoms with Gasteiger partial charge in [0, 0.05) is 24.3 Å². The number of hydrogen-bond acceptors (Lipinski definition) is 2. The normalized spacial score (nSPS) is 10.6. The van der Waals surface area contributed by atoms with E-state index in [4.69, 9.17) is 17.3 Å². The number of aryl methyl sites for hydroxylation is 1. The van der Waals surface area contributed by atoms with Crippen molar-refractivity contribution in [3.63, 3.8) is 0 Å². The highest BCUT2D eigenvalue weighted by Gasteiger charge is 2.08. The summed E-state index contributed by atoms with van der Waals surface area (Å²) in [4.78, 5) is 2.26. The SMILES string of the molecule is Cc1ccc(N(C)Cc2ccc(Cl)cc2)c(CCN)c1. The van der Waals surface area contributed by atoms with E-state index < -0.39 is 0 Å². The predicted molar refractivity (Wildman–Crippen MR) is 87.5 cm³/mol. The second kappa shape index (κ2) is 6.78. The van der Waals surface area contributed by atoms with Gasteiger partial charge in [0.1, 0.15) is 0 Å². The third-order valence-corrected chi connectivity index (χ3v) is 3.64. The third kappa shape index (κ3) is 3.75. The minimum absolute atomic E-state index is 0.672. The Bertz CT molecular complexity index is 564. The number of rotatable bonds is 5. The van der Waals surface area contributed by atoms with Crippen molar-refractivity contribution < 1.29 is 0 Å². The van der Waals surface area contributed by atoms with Crippen molar-refractivity contribution in [2.24, 2.45) is 5.73 Å². The summed E-state index contributed by atoms with van der Waals surface area (Å²) in [6.07, 6.45) is 0.905. The lowest BCUT2D eigenvalue weighted by atomic mass is 10.0. The molecule has 2 aromatic rings. The molecule has 2 N–H and O–H groups in total. The van der Waals surface area contributed by atoms with Gasteiger partial charge in [-0.25, -0.2) is 0 Å². The van der Waals surface area contributed by atoms with Crippen molar-refractivity contribution in [2.45, 2.75) is 19.9 Å². The Morgan fingerprint density at radius 2 is 1.80 bits per heavy atom. The number of anilines is 1. The van der Waals surface area contributed by atoms with E-state index in [0.29, 0.717) is 6.54 Å². The van der Waals surface area contributed by atoms with Crippen molar-refractivity contribution in [1.82, 2.24) is 0 Å². The van der Waals surface area contributed by atoms with Crippen LogP contribution in [0, 0.1) is 6.92 Å². The van der Waals surface area contributed by atoms with Crippen LogP contribution in [0.2, 0.25) is 5.02 Å². The zero-order valence-electron chi connectivity index (χ0n) is 12.1. The van der Waals surface area contributed by atoms with Crippen molar-refractivity contribution in [3.8, 4) is 0 Å². The van der Waals surface area contributed by atoms with Crippen LogP contribution >= 0.6 is 11.6 Å². The first kappa shape index (κ1) is 14.9. The molecule has 0 spiro atoms. The number of nitrogens with two attached hydrogens (primary N) is 1. The molecule has 0 aliphatic rings. The van der Waals surface area contributed by atoms with Crippen LogP contribution in [0.1, 0.15) is 16.7 Å². The van der Waals surface area contributed by atoms with Crippen LogP contribution in [-0.2, 0) is 13.0 Å². The summed E-state index contributed by atoms with van der Waals surface area (Å²) in [6.45, 7) is 3.64. The second-order valence-corrected chi connectivity index (χ2v) is 5.59. The van der Waals surface area contributed by atoms with Crippen molar-refractivity contribution in [3.05, 3.63) is 64.2 Å². The summed E-state index contributed by atoms with van der Waals surface area (Å²) in [5.74, 6) is 0. The largest absolute Gasteiger partial charge is 0.370 e. The summed E-state index contributed by atoms with van der Waals surface area (Å²) >= 11 is 5.92. The molecule has 2 nitrogen and oxygen atoms in total. The molecule has 0 bridgehead atoms. The van der Waals surface area contributed by atoms with Gasteiger partial charge in [0.15, 0.2) is 0 Å². The van der Waals surface area contributed by atoms with E-state index in [1.165, 1.54) is 22.4 Å². The highest BCUT2D eigenvalue weighted by molar-refractivity contribution is 6.30. The van der Waals surface area contributed by atoms with Gasteiger partial charge in [0.2, 0.25) is 0 Å². The van der Waals surface area contributed by atoms with Crippen LogP contribution in [0.4, 0.5) is 5.69 Å². The van der Waals surface area contributed by atoms with Gasteiger partial charge in [-0.3, -0.25) is 0 Å². The minimum atomic E-state index is 0.672. The molecule has 0 aliphatic heterocycles. The number of halogens is 1. The summed E-state index contributed by atoms with van der Waals surface area (Å²) in [7, 11) is 2.11. The monoisotopic (exact) mass is 288 g/mol. The standard InChI is InChI=1S/C17H21ClN2/c1-13-3-8-17(15(11-13)9-10-19)20(2)12-14-4-6-16(18)7-5-14/h3-8,11H,9-10,12,19H2,1-2H3. The minimum Gasteiger partial charge on any atom is -0.370 e. The molecular weight excluding hydrogens is 268 g/mol. The molecule has 2 rings (SSSR count). The lowest BCUT2D eigenvalue weighted by molar-refractivity contribution is 0.891. The average molecular weight is 289 g/mol. The van der Waals surface area contributed by atoms with E-state index in [9.17, 15) is 0 Å². The average Bonchev–Trinajstić information content (AvgIpc) is 2.42. The smallest absolute Gasteiger partial charge is 0.0426 e. The Morgan fingerprint density at radius 1 is 1.10 bits per heavy atom. The van der Waals surface area contributed by atoms with Crippen LogP contribution in [0.15, 0.2) is 42.5 Å². The molecule has 0 saturated carbocycles. The van der Waals surface area contributed by atoms with E-state index in [1.54, 1.807) is 0 Å². The van der Waals surface area contributed by atoms with Crippen molar-refractivity contribution >= 4 is 17.3 Å². The van der Waals surface area contributed by atoms with E-state index in [0.717, 1.165) is 18.0 Å². The fourth-order valence-electron chi connectivity index (χ4n) is 2.39. The topological polar surface area (TPSA) is 29.3 Å². The predicted octanol–water partition coefficient (Wildman–Crippen LogP) is 3.79. The summed E-state index contributed by atoms with van der Waals surface area (Å²) in [5.41, 5.74) is 10.8. The van der Waals surface area contributed by atoms with Crippen LogP contribution in [0.5, 0.6) is 0 Å². The van der Waals surface area contributed by atoms with Gasteiger partial charge in [0.25, 0.3) is 0 Å². The van der Waals surface area contributed by atoms with E-state index in [2.05, 4.69) is 49.2 Å². The molecule has 2 aromatic carbocycles. The van der Waals surface area contributed by atoms with Crippen LogP contribution in [-0.4, -0.2) is 13.6 Å². The molecule has 0 unspecified atom stereocenters. The van der Waals surface area contributed by atoms with Gasteiger partial charge in [-0.05, 0) is 49.2 Å². The summed E-state index contributed by atoms with van der Waals surface area (Å²) < 4.78 is 0. The first-order valence-electron chi connectivity index (χ1n) is 6.85. The summed E-state index contributed by atoms with van der Waals surface area (Å²) in [5, 5.41) is 0.774. The maximum absolute atomic E-state index is 5.92. The zero-order valence-corrected chi connectivity index (χ0v) is 12.8. The Kier molecular flexibility index (Phi) is 5.05. The number of benzene rings is 2. The molecule has 0 radical (unpaired) electrons. The van der Waals surface area contributed by atoms with Gasteiger partial charge in [-0.2, -0.15) is 0 Å². The fourth-order valence-corrected chi connectivity index (χ4v) is 2.52. The molecule has 0 saturated heterocycles. The van der Waals surface area contributed by atoms with Gasteiger partial charge < -0.3 is 10.6 Å². The van der Waals surface area contributed by atoms with Crippen LogP contribution in [0.25, 0.3) is 0 Å². The van der Waals surface area contributed by atoms with Crippen molar-refractivity contribution in [2.75, 3.05) is 18.5 Å². The molecule has 3 heteroatoms. The highest BCUT2D eigenvalue weighted by atomic mass is 35.5. The van der Waals surface area contributed by atoms with E-state index in [-0.39, 0.29) is 0 Å². The molecule has 106 valence electrons. The van der Waals surface area contributed by atoms with Gasteiger partial charge in [-0.15, -0.1) is 0 Å². The highest BCUT2D eigenvalue weighted by Crippen LogP contribution is 2.23. The Hall–Kier alpha value is -1.51. The summed E-state index contributed by atoms with van der Waals surface area (Å²) in [6, 6.07) is 14.5. The molecule has 0 atom stereocenters. The van der Waals surface area contributed by atoms with E-state index in [1.807, 2.05) is 12.1 Å². The maximum Gasteiger partial charge on any atom is 0.0426 e. The quantitative estimate of drug-likeness (QED) is 0.907. The molecule has 0 amide bonds. The Labute approximate surface area is 126 Å². The Morgan fingerprint density at radius 3 is 2.45 bits per heavy atom. The first-order valence-corrected chi connectivity index (χ1v) is 7.23. The van der Waals surface area contributed by atoms with Gasteiger partial charge >= 0.3 is 0 Å². The fraction of sp³-hybridized carbons (Fsp3) is 0.294. The molecule has 0 aliphatic carbocycles.